The molecule has 0 aliphatic carbocycles. The largest absolute Gasteiger partial charge is 0.0868 e. The van der Waals surface area contributed by atoms with Crippen molar-refractivity contribution in [2.24, 2.45) is 0 Å². The molecular weight excluding hydrogens is 296 g/mol. The van der Waals surface area contributed by atoms with E-state index in [9.17, 15) is 0 Å². The second kappa shape index (κ2) is 6.55. The lowest BCUT2D eigenvalue weighted by Gasteiger charge is -2.42. The molecule has 0 saturated carbocycles. The Morgan fingerprint density at radius 2 is 0.773 bits per heavy atom. The van der Waals surface area contributed by atoms with Crippen molar-refractivity contribution in [1.29, 1.82) is 0 Å². The molecule has 0 aliphatic rings. The summed E-state index contributed by atoms with van der Waals surface area (Å²) in [6, 6.07) is 22.5. The van der Waals surface area contributed by atoms with Gasteiger partial charge in [0.05, 0.1) is 16.6 Å². The van der Waals surface area contributed by atoms with Gasteiger partial charge in [0.25, 0.3) is 0 Å². The maximum Gasteiger partial charge on any atom is 0.0868 e. The summed E-state index contributed by atoms with van der Waals surface area (Å²) in [5.41, 5.74) is 0. The lowest BCUT2D eigenvalue weighted by atomic mass is 10.2. The minimum absolute atomic E-state index is 0.351. The van der Waals surface area contributed by atoms with Gasteiger partial charge in [-0.3, -0.25) is 0 Å². The summed E-state index contributed by atoms with van der Waals surface area (Å²) in [6.45, 7) is 14.6. The molecule has 0 atom stereocenters. The van der Waals surface area contributed by atoms with Crippen LogP contribution >= 0.6 is 0 Å². The molecule has 22 heavy (non-hydrogen) atoms. The predicted molar refractivity (Wildman–Crippen MR) is 103 cm³/mol. The molecule has 0 heterocycles. The highest BCUT2D eigenvalue weighted by Gasteiger charge is 2.43. The molecule has 0 unspecified atom stereocenters. The zero-order chi connectivity index (χ0) is 16.4. The van der Waals surface area contributed by atoms with E-state index in [-0.39, 0.29) is 0 Å². The third-order valence-corrected chi connectivity index (χ3v) is 16.9. The highest BCUT2D eigenvalue weighted by atomic mass is 29.2. The molecule has 2 heteroatoms. The average molecular weight is 325 g/mol. The predicted octanol–water partition coefficient (Wildman–Crippen LogP) is 4.47. The summed E-state index contributed by atoms with van der Waals surface area (Å²) in [4.78, 5) is 0. The molecule has 0 bridgehead atoms. The van der Waals surface area contributed by atoms with Gasteiger partial charge >= 0.3 is 0 Å². The van der Waals surface area contributed by atoms with Crippen LogP contribution in [0.4, 0.5) is 0 Å². The second-order valence-electron chi connectivity index (χ2n) is 7.98. The zero-order valence-electron chi connectivity index (χ0n) is 14.8. The zero-order valence-corrected chi connectivity index (χ0v) is 16.8. The number of benzene rings is 2. The first-order valence-electron chi connectivity index (χ1n) is 8.07. The van der Waals surface area contributed by atoms with Crippen molar-refractivity contribution in [2.45, 2.75) is 51.6 Å². The Hall–Kier alpha value is -1.13. The Kier molecular flexibility index (Phi) is 5.13. The van der Waals surface area contributed by atoms with E-state index in [1.165, 1.54) is 0 Å². The minimum Gasteiger partial charge on any atom is -0.0637 e. The quantitative estimate of drug-likeness (QED) is 0.731. The fourth-order valence-electron chi connectivity index (χ4n) is 3.11. The highest BCUT2D eigenvalue weighted by Crippen LogP contribution is 2.37. The second-order valence-corrected chi connectivity index (χ2v) is 16.6. The monoisotopic (exact) mass is 324 g/mol. The van der Waals surface area contributed by atoms with Crippen LogP contribution in [0.15, 0.2) is 60.7 Å². The van der Waals surface area contributed by atoms with Crippen molar-refractivity contribution in [2.75, 3.05) is 0 Å². The van der Waals surface area contributed by atoms with Gasteiger partial charge in [-0.05, 0) is 10.1 Å². The molecular formula is C20H28Si2. The van der Waals surface area contributed by atoms with Crippen LogP contribution in [0.5, 0.6) is 0 Å². The molecule has 2 rings (SSSR count). The normalized spacial score (nSPS) is 12.9. The first-order chi connectivity index (χ1) is 10.2. The Morgan fingerprint density at radius 3 is 1.00 bits per heavy atom. The van der Waals surface area contributed by atoms with Gasteiger partial charge in [-0.25, -0.2) is 0 Å². The van der Waals surface area contributed by atoms with Crippen LogP contribution in [-0.2, 0) is 0 Å². The number of hydrogen-bond donors (Lipinski definition) is 0. The van der Waals surface area contributed by atoms with Crippen LogP contribution in [-0.4, -0.2) is 16.6 Å². The number of hydrogen-bond acceptors (Lipinski definition) is 0. The maximum atomic E-state index is 2.44. The molecule has 0 saturated heterocycles. The van der Waals surface area contributed by atoms with E-state index in [1.54, 1.807) is 10.4 Å². The molecule has 0 fully saturated rings. The van der Waals surface area contributed by atoms with Gasteiger partial charge in [0.1, 0.15) is 0 Å². The Morgan fingerprint density at radius 1 is 0.500 bits per heavy atom. The summed E-state index contributed by atoms with van der Waals surface area (Å²) in [6.07, 6.45) is 0. The lowest BCUT2D eigenvalue weighted by molar-refractivity contribution is 0.730. The van der Waals surface area contributed by atoms with Gasteiger partial charge < -0.3 is 0 Å². The third kappa shape index (κ3) is 3.99. The summed E-state index contributed by atoms with van der Waals surface area (Å²) >= 11 is 0. The van der Waals surface area contributed by atoms with Gasteiger partial charge in [0.15, 0.2) is 0 Å². The Labute approximate surface area is 139 Å². The van der Waals surface area contributed by atoms with E-state index in [0.29, 0.717) is 10.1 Å². The van der Waals surface area contributed by atoms with E-state index in [1.807, 2.05) is 0 Å². The molecule has 2 aromatic rings. The van der Waals surface area contributed by atoms with Gasteiger partial charge in [-0.15, -0.1) is 0 Å². The van der Waals surface area contributed by atoms with Crippen LogP contribution in [0.2, 0.25) is 10.1 Å². The fraction of sp³-hybridized carbons (Fsp3) is 0.400. The fourth-order valence-corrected chi connectivity index (χ4v) is 15.2. The van der Waals surface area contributed by atoms with E-state index in [4.69, 9.17) is 0 Å². The average Bonchev–Trinajstić information content (AvgIpc) is 2.44. The van der Waals surface area contributed by atoms with Crippen LogP contribution < -0.4 is 10.4 Å². The summed E-state index contributed by atoms with van der Waals surface area (Å²) in [5.74, 6) is 0. The molecule has 116 valence electrons. The molecule has 2 radical (unpaired) electrons. The molecule has 0 aromatic heterocycles. The van der Waals surface area contributed by atoms with E-state index in [0.717, 1.165) is 0 Å². The van der Waals surface area contributed by atoms with Gasteiger partial charge in [-0.2, -0.15) is 0 Å². The summed E-state index contributed by atoms with van der Waals surface area (Å²) in [7, 11) is -1.37. The molecule has 0 spiro atoms. The summed E-state index contributed by atoms with van der Waals surface area (Å²) in [5, 5.41) is 3.88. The van der Waals surface area contributed by atoms with Crippen molar-refractivity contribution in [3.63, 3.8) is 0 Å². The van der Waals surface area contributed by atoms with Crippen LogP contribution in [0, 0.1) is 0 Å². The molecule has 0 aliphatic heterocycles. The van der Waals surface area contributed by atoms with Crippen molar-refractivity contribution in [3.05, 3.63) is 60.7 Å². The van der Waals surface area contributed by atoms with Crippen LogP contribution in [0.1, 0.15) is 41.5 Å². The third-order valence-electron chi connectivity index (χ3n) is 3.87. The van der Waals surface area contributed by atoms with E-state index >= 15 is 0 Å². The van der Waals surface area contributed by atoms with Gasteiger partial charge in [0, 0.05) is 0 Å². The maximum absolute atomic E-state index is 2.44. The molecule has 2 aromatic carbocycles. The summed E-state index contributed by atoms with van der Waals surface area (Å²) < 4.78 is 0. The van der Waals surface area contributed by atoms with Crippen molar-refractivity contribution in [3.8, 4) is 0 Å². The number of rotatable bonds is 3. The van der Waals surface area contributed by atoms with Crippen LogP contribution in [0.25, 0.3) is 0 Å². The van der Waals surface area contributed by atoms with Gasteiger partial charge in [-0.1, -0.05) is 113 Å². The van der Waals surface area contributed by atoms with Gasteiger partial charge in [0.2, 0.25) is 0 Å². The first kappa shape index (κ1) is 17.2. The molecule has 0 N–H and O–H groups in total. The van der Waals surface area contributed by atoms with E-state index < -0.39 is 16.6 Å². The van der Waals surface area contributed by atoms with Crippen molar-refractivity contribution >= 4 is 27.0 Å². The molecule has 0 amide bonds. The Bertz CT molecular complexity index is 521. The standard InChI is InChI=1S/C20H28Si2/c1-19(2,3)21(17-13-9-7-10-14-17)22(20(4,5)6)18-15-11-8-12-16-18/h7-16H,1-6H3. The van der Waals surface area contributed by atoms with Crippen molar-refractivity contribution in [1.82, 2.24) is 0 Å². The Balaban J connectivity index is 2.60. The smallest absolute Gasteiger partial charge is 0.0637 e. The minimum atomic E-state index is -0.684. The van der Waals surface area contributed by atoms with Crippen molar-refractivity contribution < 1.29 is 0 Å². The lowest BCUT2D eigenvalue weighted by Crippen LogP contribution is -2.61. The molecule has 0 nitrogen and oxygen atoms in total. The topological polar surface area (TPSA) is 0 Å². The van der Waals surface area contributed by atoms with Crippen LogP contribution in [0.3, 0.4) is 0 Å². The SMILES string of the molecule is CC(C)(C)[Si](c1ccccc1)[Si](c1ccccc1)C(C)(C)C. The first-order valence-corrected chi connectivity index (χ1v) is 12.1. The highest BCUT2D eigenvalue weighted by molar-refractivity contribution is 7.34. The van der Waals surface area contributed by atoms with E-state index in [2.05, 4.69) is 102 Å².